The lowest BCUT2D eigenvalue weighted by Gasteiger charge is -2.26. The van der Waals surface area contributed by atoms with Gasteiger partial charge in [-0.25, -0.2) is 0 Å². The lowest BCUT2D eigenvalue weighted by Crippen LogP contribution is -2.42. The molecule has 108 valence electrons. The van der Waals surface area contributed by atoms with Crippen molar-refractivity contribution >= 4 is 10.1 Å². The molecule has 3 N–H and O–H groups in total. The average Bonchev–Trinajstić information content (AvgIpc) is 2.26. The van der Waals surface area contributed by atoms with Crippen molar-refractivity contribution < 1.29 is 18.1 Å². The first-order valence-corrected chi connectivity index (χ1v) is 7.77. The summed E-state index contributed by atoms with van der Waals surface area (Å²) in [5.74, 6) is 0.0117. The number of phenolic OH excluding ortho intramolecular Hbond substituents is 1. The summed E-state index contributed by atoms with van der Waals surface area (Å²) >= 11 is 0. The van der Waals surface area contributed by atoms with Gasteiger partial charge in [0, 0.05) is 5.54 Å². The van der Waals surface area contributed by atoms with Crippen molar-refractivity contribution in [3.8, 4) is 5.75 Å². The van der Waals surface area contributed by atoms with Gasteiger partial charge in [0.1, 0.15) is 5.75 Å². The van der Waals surface area contributed by atoms with Gasteiger partial charge in [0.15, 0.2) is 0 Å². The summed E-state index contributed by atoms with van der Waals surface area (Å²) in [6, 6.07) is 7.00. The Morgan fingerprint density at radius 3 is 2.32 bits per heavy atom. The van der Waals surface area contributed by atoms with E-state index in [1.54, 1.807) is 12.1 Å². The highest BCUT2D eigenvalue weighted by Crippen LogP contribution is 2.16. The van der Waals surface area contributed by atoms with E-state index in [1.807, 2.05) is 26.0 Å². The maximum absolute atomic E-state index is 10.6. The van der Waals surface area contributed by atoms with Gasteiger partial charge < -0.3 is 10.4 Å². The number of hydrogen-bond acceptors (Lipinski definition) is 4. The van der Waals surface area contributed by atoms with Crippen molar-refractivity contribution in [2.75, 3.05) is 12.3 Å². The third-order valence-electron chi connectivity index (χ3n) is 2.77. The van der Waals surface area contributed by atoms with Gasteiger partial charge in [0.25, 0.3) is 10.1 Å². The van der Waals surface area contributed by atoms with E-state index >= 15 is 0 Å². The van der Waals surface area contributed by atoms with Crippen LogP contribution in [0.3, 0.4) is 0 Å². The fourth-order valence-corrected chi connectivity index (χ4v) is 2.38. The molecule has 19 heavy (non-hydrogen) atoms. The number of phenols is 1. The van der Waals surface area contributed by atoms with Crippen LogP contribution in [0.5, 0.6) is 5.75 Å². The Hall–Kier alpha value is -1.11. The van der Waals surface area contributed by atoms with Gasteiger partial charge in [-0.3, -0.25) is 4.55 Å². The molecular formula is C13H21NO4S. The van der Waals surface area contributed by atoms with E-state index in [2.05, 4.69) is 5.32 Å². The molecule has 0 fully saturated rings. The zero-order chi connectivity index (χ0) is 14.5. The van der Waals surface area contributed by atoms with E-state index in [4.69, 9.17) is 4.55 Å². The van der Waals surface area contributed by atoms with Crippen molar-refractivity contribution in [1.82, 2.24) is 5.32 Å². The van der Waals surface area contributed by atoms with Crippen molar-refractivity contribution in [3.05, 3.63) is 29.8 Å². The normalized spacial score (nSPS) is 12.6. The molecule has 0 spiro atoms. The molecule has 0 aliphatic heterocycles. The Morgan fingerprint density at radius 1 is 1.21 bits per heavy atom. The molecule has 0 radical (unpaired) electrons. The number of hydrogen-bond donors (Lipinski definition) is 3. The van der Waals surface area contributed by atoms with E-state index < -0.39 is 10.1 Å². The average molecular weight is 287 g/mol. The van der Waals surface area contributed by atoms with E-state index in [-0.39, 0.29) is 17.0 Å². The maximum atomic E-state index is 10.6. The number of aromatic hydroxyl groups is 1. The van der Waals surface area contributed by atoms with Crippen molar-refractivity contribution in [2.45, 2.75) is 32.2 Å². The van der Waals surface area contributed by atoms with E-state index in [9.17, 15) is 13.5 Å². The van der Waals surface area contributed by atoms with Gasteiger partial charge in [-0.1, -0.05) is 12.1 Å². The van der Waals surface area contributed by atoms with Crippen LogP contribution in [0.25, 0.3) is 0 Å². The van der Waals surface area contributed by atoms with Gasteiger partial charge in [-0.15, -0.1) is 0 Å². The summed E-state index contributed by atoms with van der Waals surface area (Å²) in [7, 11) is -3.87. The molecular weight excluding hydrogens is 266 g/mol. The lowest BCUT2D eigenvalue weighted by atomic mass is 9.95. The molecule has 0 aliphatic rings. The number of benzene rings is 1. The predicted molar refractivity (Wildman–Crippen MR) is 74.9 cm³/mol. The molecule has 0 aromatic heterocycles. The molecule has 1 aromatic rings. The molecule has 0 bridgehead atoms. The molecule has 1 aromatic carbocycles. The second-order valence-electron chi connectivity index (χ2n) is 5.29. The van der Waals surface area contributed by atoms with Gasteiger partial charge in [-0.2, -0.15) is 8.42 Å². The minimum Gasteiger partial charge on any atom is -0.508 e. The summed E-state index contributed by atoms with van der Waals surface area (Å²) in [5.41, 5.74) is 0.904. The van der Waals surface area contributed by atoms with E-state index in [0.717, 1.165) is 12.0 Å². The molecule has 6 heteroatoms. The first-order valence-electron chi connectivity index (χ1n) is 6.16. The standard InChI is InChI=1S/C13H21NO4S/c1-13(2,14-8-3-9-19(16,17)18)10-11-4-6-12(15)7-5-11/h4-7,14-15H,3,8-10H2,1-2H3,(H,16,17,18). The van der Waals surface area contributed by atoms with E-state index in [0.29, 0.717) is 13.0 Å². The summed E-state index contributed by atoms with van der Waals surface area (Å²) < 4.78 is 29.8. The third kappa shape index (κ3) is 7.15. The second kappa shape index (κ2) is 6.36. The number of rotatable bonds is 7. The van der Waals surface area contributed by atoms with Crippen molar-refractivity contribution in [3.63, 3.8) is 0 Å². The summed E-state index contributed by atoms with van der Waals surface area (Å²) in [4.78, 5) is 0. The topological polar surface area (TPSA) is 86.6 Å². The highest BCUT2D eigenvalue weighted by molar-refractivity contribution is 7.85. The smallest absolute Gasteiger partial charge is 0.264 e. The quantitative estimate of drug-likeness (QED) is 0.523. The Balaban J connectivity index is 2.41. The highest BCUT2D eigenvalue weighted by atomic mass is 32.2. The SMILES string of the molecule is CC(C)(Cc1ccc(O)cc1)NCCCS(=O)(=O)O. The molecule has 0 atom stereocenters. The van der Waals surface area contributed by atoms with Crippen LogP contribution in [-0.2, 0) is 16.5 Å². The monoisotopic (exact) mass is 287 g/mol. The fraction of sp³-hybridized carbons (Fsp3) is 0.538. The zero-order valence-corrected chi connectivity index (χ0v) is 12.1. The van der Waals surface area contributed by atoms with Gasteiger partial charge in [0.2, 0.25) is 0 Å². The van der Waals surface area contributed by atoms with Gasteiger partial charge in [0.05, 0.1) is 5.75 Å². The van der Waals surface area contributed by atoms with Gasteiger partial charge in [-0.05, 0) is 50.9 Å². The van der Waals surface area contributed by atoms with Crippen LogP contribution in [0.15, 0.2) is 24.3 Å². The largest absolute Gasteiger partial charge is 0.508 e. The Kier molecular flexibility index (Phi) is 5.34. The molecule has 0 heterocycles. The van der Waals surface area contributed by atoms with Crippen LogP contribution in [0.2, 0.25) is 0 Å². The first-order chi connectivity index (χ1) is 8.68. The zero-order valence-electron chi connectivity index (χ0n) is 11.3. The van der Waals surface area contributed by atoms with Crippen LogP contribution in [-0.4, -0.2) is 35.9 Å². The van der Waals surface area contributed by atoms with Crippen LogP contribution in [0, 0.1) is 0 Å². The van der Waals surface area contributed by atoms with Crippen LogP contribution < -0.4 is 5.32 Å². The Labute approximate surface area is 114 Å². The summed E-state index contributed by atoms with van der Waals surface area (Å²) in [6.07, 6.45) is 1.14. The molecule has 0 unspecified atom stereocenters. The van der Waals surface area contributed by atoms with Crippen LogP contribution in [0.4, 0.5) is 0 Å². The molecule has 0 saturated heterocycles. The molecule has 0 aliphatic carbocycles. The lowest BCUT2D eigenvalue weighted by molar-refractivity contribution is 0.385. The Morgan fingerprint density at radius 2 is 1.79 bits per heavy atom. The number of nitrogens with one attached hydrogen (secondary N) is 1. The third-order valence-corrected chi connectivity index (χ3v) is 3.57. The molecule has 0 saturated carbocycles. The maximum Gasteiger partial charge on any atom is 0.264 e. The molecule has 0 amide bonds. The molecule has 5 nitrogen and oxygen atoms in total. The highest BCUT2D eigenvalue weighted by Gasteiger charge is 2.17. The summed E-state index contributed by atoms with van der Waals surface area (Å²) in [6.45, 7) is 4.56. The van der Waals surface area contributed by atoms with Crippen molar-refractivity contribution in [1.29, 1.82) is 0 Å². The minimum atomic E-state index is -3.87. The van der Waals surface area contributed by atoms with Crippen LogP contribution in [0.1, 0.15) is 25.8 Å². The fourth-order valence-electron chi connectivity index (χ4n) is 1.87. The predicted octanol–water partition coefficient (Wildman–Crippen LogP) is 1.58. The summed E-state index contributed by atoms with van der Waals surface area (Å²) in [5, 5.41) is 12.5. The minimum absolute atomic E-state index is 0.184. The Bertz CT molecular complexity index is 494. The van der Waals surface area contributed by atoms with Crippen molar-refractivity contribution in [2.24, 2.45) is 0 Å². The van der Waals surface area contributed by atoms with Crippen LogP contribution >= 0.6 is 0 Å². The van der Waals surface area contributed by atoms with E-state index in [1.165, 1.54) is 0 Å². The van der Waals surface area contributed by atoms with Gasteiger partial charge >= 0.3 is 0 Å². The second-order valence-corrected chi connectivity index (χ2v) is 6.87. The molecule has 1 rings (SSSR count). The first kappa shape index (κ1) is 15.9.